The first-order valence-corrected chi connectivity index (χ1v) is 19.1. The second kappa shape index (κ2) is 13.8. The fourth-order valence-electron chi connectivity index (χ4n) is 3.33. The van der Waals surface area contributed by atoms with Gasteiger partial charge in [-0.05, 0) is 55.1 Å². The lowest BCUT2D eigenvalue weighted by Crippen LogP contribution is -2.47. The van der Waals surface area contributed by atoms with Gasteiger partial charge in [-0.15, -0.1) is 11.5 Å². The maximum Gasteiger partial charge on any atom is 0.192 e. The van der Waals surface area contributed by atoms with E-state index in [0.717, 1.165) is 37.0 Å². The summed E-state index contributed by atoms with van der Waals surface area (Å²) in [6, 6.07) is 7.96. The van der Waals surface area contributed by atoms with Crippen molar-refractivity contribution in [3.05, 3.63) is 29.8 Å². The molecule has 0 aliphatic carbocycles. The summed E-state index contributed by atoms with van der Waals surface area (Å²) in [4.78, 5) is 0. The van der Waals surface area contributed by atoms with E-state index in [0.29, 0.717) is 13.2 Å². The van der Waals surface area contributed by atoms with E-state index in [4.69, 9.17) is 13.9 Å². The third kappa shape index (κ3) is 11.5. The molecule has 0 bridgehead atoms. The van der Waals surface area contributed by atoms with Crippen LogP contribution in [0.4, 0.5) is 0 Å². The molecule has 4 nitrogen and oxygen atoms in total. The van der Waals surface area contributed by atoms with E-state index in [2.05, 4.69) is 71.9 Å². The van der Waals surface area contributed by atoms with Crippen LogP contribution >= 0.6 is 0 Å². The second-order valence-electron chi connectivity index (χ2n) is 12.0. The zero-order chi connectivity index (χ0) is 26.0. The second-order valence-corrected chi connectivity index (χ2v) is 21.5. The fraction of sp³-hybridized carbons (Fsp3) is 0.714. The van der Waals surface area contributed by atoms with Crippen LogP contribution < -0.4 is 4.74 Å². The van der Waals surface area contributed by atoms with Gasteiger partial charge in [-0.1, -0.05) is 59.5 Å². The first-order valence-electron chi connectivity index (χ1n) is 12.7. The summed E-state index contributed by atoms with van der Waals surface area (Å²) in [7, 11) is -1.63. The number of aliphatic hydroxyl groups is 1. The van der Waals surface area contributed by atoms with Crippen molar-refractivity contribution in [1.82, 2.24) is 0 Å². The van der Waals surface area contributed by atoms with Crippen LogP contribution in [0.25, 0.3) is 0 Å². The molecule has 1 rings (SSSR count). The van der Waals surface area contributed by atoms with Crippen molar-refractivity contribution in [2.75, 3.05) is 13.7 Å². The van der Waals surface area contributed by atoms with Crippen LogP contribution in [0, 0.1) is 17.4 Å². The average Bonchev–Trinajstić information content (AvgIpc) is 2.73. The van der Waals surface area contributed by atoms with E-state index in [1.54, 1.807) is 7.11 Å². The number of aliphatic hydroxyl groups excluding tert-OH is 1. The molecule has 1 aromatic rings. The van der Waals surface area contributed by atoms with Gasteiger partial charge in [0.2, 0.25) is 0 Å². The van der Waals surface area contributed by atoms with Crippen molar-refractivity contribution in [3.63, 3.8) is 0 Å². The number of benzene rings is 1. The van der Waals surface area contributed by atoms with Gasteiger partial charge < -0.3 is 19.0 Å². The van der Waals surface area contributed by atoms with E-state index in [1.165, 1.54) is 0 Å². The summed E-state index contributed by atoms with van der Waals surface area (Å²) in [5, 5.41) is 11.1. The third-order valence-corrected chi connectivity index (χ3v) is 12.1. The third-order valence-electron chi connectivity index (χ3n) is 6.69. The Morgan fingerprint density at radius 2 is 1.62 bits per heavy atom. The minimum absolute atomic E-state index is 0.0279. The van der Waals surface area contributed by atoms with Crippen molar-refractivity contribution in [2.45, 2.75) is 110 Å². The van der Waals surface area contributed by atoms with Crippen LogP contribution in [0.15, 0.2) is 24.3 Å². The van der Waals surface area contributed by atoms with Crippen molar-refractivity contribution in [3.8, 4) is 17.2 Å². The van der Waals surface area contributed by atoms with Gasteiger partial charge >= 0.3 is 0 Å². The molecule has 34 heavy (non-hydrogen) atoms. The van der Waals surface area contributed by atoms with E-state index >= 15 is 0 Å². The first kappa shape index (κ1) is 30.9. The predicted octanol–water partition coefficient (Wildman–Crippen LogP) is 7.04. The molecule has 1 N–H and O–H groups in total. The molecule has 0 heterocycles. The molecule has 0 aliphatic heterocycles. The Hall–Kier alpha value is -1.11. The molecule has 0 saturated carbocycles. The summed E-state index contributed by atoms with van der Waals surface area (Å²) in [5.41, 5.74) is 4.53. The number of hydrogen-bond acceptors (Lipinski definition) is 4. The highest BCUT2D eigenvalue weighted by molar-refractivity contribution is 6.83. The molecule has 0 aliphatic rings. The molecule has 0 fully saturated rings. The maximum atomic E-state index is 11.0. The lowest BCUT2D eigenvalue weighted by atomic mass is 9.92. The molecule has 0 aromatic heterocycles. The molecular weight excluding hydrogens is 456 g/mol. The Morgan fingerprint density at radius 3 is 2.15 bits per heavy atom. The fourth-order valence-corrected chi connectivity index (χ4v) is 5.43. The van der Waals surface area contributed by atoms with Gasteiger partial charge in [0.05, 0.1) is 25.9 Å². The summed E-state index contributed by atoms with van der Waals surface area (Å²) in [5.74, 6) is 4.21. The number of unbranched alkanes of at least 4 members (excludes halogenated alkanes) is 1. The van der Waals surface area contributed by atoms with Gasteiger partial charge in [0.25, 0.3) is 0 Å². The Balaban J connectivity index is 2.71. The van der Waals surface area contributed by atoms with Crippen molar-refractivity contribution in [2.24, 2.45) is 5.92 Å². The van der Waals surface area contributed by atoms with E-state index in [-0.39, 0.29) is 17.1 Å². The van der Waals surface area contributed by atoms with Gasteiger partial charge in [-0.2, -0.15) is 0 Å². The molecule has 194 valence electrons. The van der Waals surface area contributed by atoms with Gasteiger partial charge in [-0.25, -0.2) is 0 Å². The van der Waals surface area contributed by atoms with Crippen molar-refractivity contribution in [1.29, 1.82) is 0 Å². The molecule has 0 amide bonds. The summed E-state index contributed by atoms with van der Waals surface area (Å²) in [6.45, 7) is 21.4. The SMILES string of the molecule is COc1ccc(COCC[C@H](O[Si](C)(C)C(C)(C)C)[C@H](C)[C@H](O)CCCC#C[Si](C)(C)C)cc1. The minimum Gasteiger partial charge on any atom is -0.497 e. The highest BCUT2D eigenvalue weighted by atomic mass is 28.4. The lowest BCUT2D eigenvalue weighted by Gasteiger charge is -2.41. The molecule has 1 aromatic carbocycles. The standard InChI is InChI=1S/C28H50O4Si2/c1-23(26(29)14-12-11-13-21-33(6,7)8)27(32-34(9,10)28(2,3)4)19-20-31-22-24-15-17-25(30-5)18-16-24/h15-18,23,26-27,29H,11-12,14,19-20,22H2,1-10H3/t23-,26-,27+/m1/s1. The zero-order valence-electron chi connectivity index (χ0n) is 23.5. The molecule has 3 atom stereocenters. The summed E-state index contributed by atoms with van der Waals surface area (Å²) >= 11 is 0. The lowest BCUT2D eigenvalue weighted by molar-refractivity contribution is 0.00126. The Kier molecular flexibility index (Phi) is 12.6. The van der Waals surface area contributed by atoms with Crippen LogP contribution in [0.5, 0.6) is 5.75 Å². The minimum atomic E-state index is -1.97. The highest BCUT2D eigenvalue weighted by Gasteiger charge is 2.40. The molecule has 6 heteroatoms. The summed E-state index contributed by atoms with van der Waals surface area (Å²) < 4.78 is 18.0. The van der Waals surface area contributed by atoms with Crippen molar-refractivity contribution >= 4 is 16.4 Å². The number of rotatable bonds is 13. The predicted molar refractivity (Wildman–Crippen MR) is 149 cm³/mol. The molecular formula is C28H50O4Si2. The van der Waals surface area contributed by atoms with E-state index in [1.807, 2.05) is 24.3 Å². The number of ether oxygens (including phenoxy) is 2. The van der Waals surface area contributed by atoms with Crippen molar-refractivity contribution < 1.29 is 19.0 Å². The Bertz CT molecular complexity index is 767. The summed E-state index contributed by atoms with van der Waals surface area (Å²) in [6.07, 6.45) is 2.88. The van der Waals surface area contributed by atoms with Gasteiger partial charge in [-0.3, -0.25) is 0 Å². The molecule has 0 radical (unpaired) electrons. The maximum absolute atomic E-state index is 11.0. The number of methoxy groups -OCH3 is 1. The zero-order valence-corrected chi connectivity index (χ0v) is 25.5. The smallest absolute Gasteiger partial charge is 0.192 e. The van der Waals surface area contributed by atoms with Crippen LogP contribution in [-0.4, -0.2) is 47.4 Å². The van der Waals surface area contributed by atoms with Crippen LogP contribution in [-0.2, 0) is 15.8 Å². The molecule has 0 unspecified atom stereocenters. The van der Waals surface area contributed by atoms with Gasteiger partial charge in [0, 0.05) is 18.9 Å². The van der Waals surface area contributed by atoms with Gasteiger partial charge in [0.15, 0.2) is 8.32 Å². The topological polar surface area (TPSA) is 47.9 Å². The average molecular weight is 507 g/mol. The largest absolute Gasteiger partial charge is 0.497 e. The van der Waals surface area contributed by atoms with E-state index < -0.39 is 22.5 Å². The monoisotopic (exact) mass is 506 g/mol. The van der Waals surface area contributed by atoms with Crippen LogP contribution in [0.2, 0.25) is 37.8 Å². The molecule has 0 saturated heterocycles. The highest BCUT2D eigenvalue weighted by Crippen LogP contribution is 2.39. The quantitative estimate of drug-likeness (QED) is 0.177. The normalized spacial score (nSPS) is 15.3. The Labute approximate surface area is 211 Å². The molecule has 0 spiro atoms. The first-order chi connectivity index (χ1) is 15.7. The number of hydrogen-bond donors (Lipinski definition) is 1. The Morgan fingerprint density at radius 1 is 1.00 bits per heavy atom. The van der Waals surface area contributed by atoms with Gasteiger partial charge in [0.1, 0.15) is 13.8 Å². The van der Waals surface area contributed by atoms with E-state index in [9.17, 15) is 5.11 Å². The van der Waals surface area contributed by atoms with Crippen LogP contribution in [0.1, 0.15) is 58.9 Å². The van der Waals surface area contributed by atoms with Crippen LogP contribution in [0.3, 0.4) is 0 Å².